The first-order valence-corrected chi connectivity index (χ1v) is 11.5. The molecule has 188 valence electrons. The SMILES string of the molecule is CC(=O)OCC1CN(C(=O)CCNC(=O)OCc2ccccc2)CCN1CC(=O)OCC(C)C. The standard InChI is InChI=1S/C24H35N3O7/c1-18(2)15-33-23(30)14-26-11-12-27(13-21(26)17-32-19(3)28)22(29)9-10-25-24(31)34-16-20-7-5-4-6-8-20/h4-8,18,21H,9-17H2,1-3H3,(H,25,31). The molecule has 0 radical (unpaired) electrons. The Morgan fingerprint density at radius 2 is 1.79 bits per heavy atom. The lowest BCUT2D eigenvalue weighted by molar-refractivity contribution is -0.150. The highest BCUT2D eigenvalue weighted by Gasteiger charge is 2.31. The zero-order chi connectivity index (χ0) is 24.9. The van der Waals surface area contributed by atoms with Crippen LogP contribution in [0.2, 0.25) is 0 Å². The summed E-state index contributed by atoms with van der Waals surface area (Å²) < 4.78 is 15.5. The van der Waals surface area contributed by atoms with Crippen LogP contribution in [-0.4, -0.2) is 85.7 Å². The van der Waals surface area contributed by atoms with Crippen LogP contribution in [0.5, 0.6) is 0 Å². The molecule has 0 bridgehead atoms. The third-order valence-electron chi connectivity index (χ3n) is 5.17. The van der Waals surface area contributed by atoms with Crippen LogP contribution in [0.4, 0.5) is 4.79 Å². The second kappa shape index (κ2) is 14.2. The van der Waals surface area contributed by atoms with E-state index < -0.39 is 12.1 Å². The summed E-state index contributed by atoms with van der Waals surface area (Å²) in [6, 6.07) is 8.98. The van der Waals surface area contributed by atoms with E-state index in [1.165, 1.54) is 6.92 Å². The van der Waals surface area contributed by atoms with Gasteiger partial charge in [0.1, 0.15) is 13.2 Å². The van der Waals surface area contributed by atoms with Crippen molar-refractivity contribution in [1.29, 1.82) is 0 Å². The monoisotopic (exact) mass is 477 g/mol. The highest BCUT2D eigenvalue weighted by Crippen LogP contribution is 2.12. The zero-order valence-corrected chi connectivity index (χ0v) is 20.2. The maximum atomic E-state index is 12.7. The van der Waals surface area contributed by atoms with Crippen molar-refractivity contribution in [1.82, 2.24) is 15.1 Å². The van der Waals surface area contributed by atoms with Crippen molar-refractivity contribution < 1.29 is 33.4 Å². The summed E-state index contributed by atoms with van der Waals surface area (Å²) in [5, 5.41) is 2.58. The third-order valence-corrected chi connectivity index (χ3v) is 5.17. The number of carbonyl (C=O) groups is 4. The number of carbonyl (C=O) groups excluding carboxylic acids is 4. The van der Waals surface area contributed by atoms with Gasteiger partial charge in [-0.2, -0.15) is 0 Å². The van der Waals surface area contributed by atoms with Crippen molar-refractivity contribution in [2.45, 2.75) is 39.8 Å². The molecule has 1 fully saturated rings. The van der Waals surface area contributed by atoms with Gasteiger partial charge in [0, 0.05) is 39.5 Å². The summed E-state index contributed by atoms with van der Waals surface area (Å²) in [5.41, 5.74) is 0.874. The minimum absolute atomic E-state index is 0.0650. The number of amides is 2. The Kier molecular flexibility index (Phi) is 11.3. The minimum atomic E-state index is -0.589. The predicted octanol–water partition coefficient (Wildman–Crippen LogP) is 1.58. The second-order valence-electron chi connectivity index (χ2n) is 8.58. The molecule has 2 amide bonds. The number of ether oxygens (including phenoxy) is 3. The van der Waals surface area contributed by atoms with Crippen molar-refractivity contribution in [2.75, 3.05) is 45.9 Å². The Balaban J connectivity index is 1.78. The molecule has 0 aromatic heterocycles. The number of nitrogens with one attached hydrogen (secondary N) is 1. The number of hydrogen-bond acceptors (Lipinski definition) is 8. The fraction of sp³-hybridized carbons (Fsp3) is 0.583. The van der Waals surface area contributed by atoms with E-state index in [0.717, 1.165) is 5.56 Å². The number of rotatable bonds is 11. The fourth-order valence-corrected chi connectivity index (χ4v) is 3.37. The molecule has 1 unspecified atom stereocenters. The summed E-state index contributed by atoms with van der Waals surface area (Å²) >= 11 is 0. The first kappa shape index (κ1) is 27.1. The molecule has 1 saturated heterocycles. The molecule has 10 nitrogen and oxygen atoms in total. The smallest absolute Gasteiger partial charge is 0.407 e. The van der Waals surface area contributed by atoms with E-state index in [4.69, 9.17) is 14.2 Å². The van der Waals surface area contributed by atoms with Crippen LogP contribution >= 0.6 is 0 Å². The van der Waals surface area contributed by atoms with Crippen molar-refractivity contribution in [3.63, 3.8) is 0 Å². The summed E-state index contributed by atoms with van der Waals surface area (Å²) in [7, 11) is 0. The van der Waals surface area contributed by atoms with Gasteiger partial charge in [-0.15, -0.1) is 0 Å². The summed E-state index contributed by atoms with van der Waals surface area (Å²) in [6.07, 6.45) is -0.480. The molecule has 1 aromatic rings. The summed E-state index contributed by atoms with van der Waals surface area (Å²) in [5.74, 6) is -0.679. The van der Waals surface area contributed by atoms with Gasteiger partial charge in [-0.1, -0.05) is 44.2 Å². The molecule has 1 aromatic carbocycles. The average Bonchev–Trinajstić information content (AvgIpc) is 2.81. The van der Waals surface area contributed by atoms with E-state index in [2.05, 4.69) is 5.32 Å². The van der Waals surface area contributed by atoms with Crippen LogP contribution in [0.3, 0.4) is 0 Å². The summed E-state index contributed by atoms with van der Waals surface area (Å²) in [6.45, 7) is 7.17. The second-order valence-corrected chi connectivity index (χ2v) is 8.58. The molecule has 0 spiro atoms. The quantitative estimate of drug-likeness (QED) is 0.377. The normalized spacial score (nSPS) is 16.1. The van der Waals surface area contributed by atoms with Crippen molar-refractivity contribution in [3.8, 4) is 0 Å². The predicted molar refractivity (Wildman–Crippen MR) is 124 cm³/mol. The van der Waals surface area contributed by atoms with Crippen molar-refractivity contribution >= 4 is 23.9 Å². The number of nitrogens with zero attached hydrogens (tertiary/aromatic N) is 2. The minimum Gasteiger partial charge on any atom is -0.464 e. The lowest BCUT2D eigenvalue weighted by atomic mass is 10.1. The molecule has 10 heteroatoms. The molecule has 1 heterocycles. The average molecular weight is 478 g/mol. The van der Waals surface area contributed by atoms with E-state index in [-0.39, 0.29) is 56.6 Å². The van der Waals surface area contributed by atoms with E-state index in [9.17, 15) is 19.2 Å². The van der Waals surface area contributed by atoms with E-state index in [0.29, 0.717) is 26.2 Å². The molecular formula is C24H35N3O7. The Morgan fingerprint density at radius 3 is 2.47 bits per heavy atom. The molecule has 1 atom stereocenters. The van der Waals surface area contributed by atoms with Crippen LogP contribution in [0.15, 0.2) is 30.3 Å². The first-order valence-electron chi connectivity index (χ1n) is 11.5. The first-order chi connectivity index (χ1) is 16.2. The van der Waals surface area contributed by atoms with Crippen molar-refractivity contribution in [3.05, 3.63) is 35.9 Å². The van der Waals surface area contributed by atoms with Gasteiger partial charge in [-0.25, -0.2) is 4.79 Å². The zero-order valence-electron chi connectivity index (χ0n) is 20.2. The Labute approximate surface area is 200 Å². The Morgan fingerprint density at radius 1 is 1.06 bits per heavy atom. The van der Waals surface area contributed by atoms with Crippen LogP contribution in [0.25, 0.3) is 0 Å². The topological polar surface area (TPSA) is 114 Å². The van der Waals surface area contributed by atoms with Crippen LogP contribution < -0.4 is 5.32 Å². The molecule has 0 saturated carbocycles. The molecule has 1 aliphatic rings. The Hall–Kier alpha value is -3.14. The van der Waals surface area contributed by atoms with E-state index in [1.54, 1.807) is 4.90 Å². The maximum Gasteiger partial charge on any atom is 0.407 e. The van der Waals surface area contributed by atoms with Gasteiger partial charge < -0.3 is 24.4 Å². The highest BCUT2D eigenvalue weighted by molar-refractivity contribution is 5.77. The van der Waals surface area contributed by atoms with Crippen molar-refractivity contribution in [2.24, 2.45) is 5.92 Å². The molecule has 2 rings (SSSR count). The van der Waals surface area contributed by atoms with Crippen LogP contribution in [0, 0.1) is 5.92 Å². The van der Waals surface area contributed by atoms with E-state index in [1.807, 2.05) is 49.1 Å². The number of benzene rings is 1. The van der Waals surface area contributed by atoms with Crippen LogP contribution in [0.1, 0.15) is 32.8 Å². The highest BCUT2D eigenvalue weighted by atomic mass is 16.5. The molecule has 0 aliphatic carbocycles. The molecule has 34 heavy (non-hydrogen) atoms. The molecular weight excluding hydrogens is 442 g/mol. The van der Waals surface area contributed by atoms with Gasteiger partial charge in [0.2, 0.25) is 5.91 Å². The number of alkyl carbamates (subject to hydrolysis) is 1. The summed E-state index contributed by atoms with van der Waals surface area (Å²) in [4.78, 5) is 51.5. The van der Waals surface area contributed by atoms with Gasteiger partial charge in [-0.05, 0) is 11.5 Å². The number of esters is 2. The fourth-order valence-electron chi connectivity index (χ4n) is 3.37. The van der Waals surface area contributed by atoms with Gasteiger partial charge in [0.25, 0.3) is 0 Å². The van der Waals surface area contributed by atoms with Gasteiger partial charge in [0.15, 0.2) is 0 Å². The molecule has 1 N–H and O–H groups in total. The van der Waals surface area contributed by atoms with Crippen LogP contribution in [-0.2, 0) is 35.2 Å². The maximum absolute atomic E-state index is 12.7. The third kappa shape index (κ3) is 10.2. The number of piperazine rings is 1. The molecule has 1 aliphatic heterocycles. The van der Waals surface area contributed by atoms with Gasteiger partial charge in [-0.3, -0.25) is 19.3 Å². The van der Waals surface area contributed by atoms with E-state index >= 15 is 0 Å². The number of hydrogen-bond donors (Lipinski definition) is 1. The van der Waals surface area contributed by atoms with Gasteiger partial charge >= 0.3 is 18.0 Å². The lowest BCUT2D eigenvalue weighted by Crippen LogP contribution is -2.57. The van der Waals surface area contributed by atoms with Gasteiger partial charge in [0.05, 0.1) is 19.2 Å². The lowest BCUT2D eigenvalue weighted by Gasteiger charge is -2.40. The largest absolute Gasteiger partial charge is 0.464 e. The Bertz CT molecular complexity index is 816.